The van der Waals surface area contributed by atoms with Crippen molar-refractivity contribution in [3.8, 4) is 5.75 Å². The fourth-order valence-corrected chi connectivity index (χ4v) is 3.24. The van der Waals surface area contributed by atoms with Crippen LogP contribution in [-0.4, -0.2) is 18.7 Å². The number of benzene rings is 1. The molecule has 0 amide bonds. The third-order valence-electron chi connectivity index (χ3n) is 4.14. The van der Waals surface area contributed by atoms with E-state index in [1.807, 2.05) is 0 Å². The Morgan fingerprint density at radius 1 is 1.17 bits per heavy atom. The number of para-hydroxylation sites is 1. The normalized spacial score (nSPS) is 29.7. The second-order valence-corrected chi connectivity index (χ2v) is 5.55. The molecule has 1 aromatic rings. The Kier molecular flexibility index (Phi) is 4.52. The monoisotopic (exact) mass is 267 g/mol. The van der Waals surface area contributed by atoms with E-state index in [4.69, 9.17) is 4.74 Å². The van der Waals surface area contributed by atoms with Crippen molar-refractivity contribution in [2.24, 2.45) is 5.92 Å². The molecular formula is C15H22ClNO. The summed E-state index contributed by atoms with van der Waals surface area (Å²) in [5.74, 6) is 1.80. The molecule has 2 heterocycles. The van der Waals surface area contributed by atoms with Gasteiger partial charge in [-0.05, 0) is 50.2 Å². The first-order valence-corrected chi connectivity index (χ1v) is 6.76. The molecule has 18 heavy (non-hydrogen) atoms. The van der Waals surface area contributed by atoms with Crippen molar-refractivity contribution < 1.29 is 4.74 Å². The van der Waals surface area contributed by atoms with E-state index in [1.54, 1.807) is 0 Å². The number of ether oxygens (including phenoxy) is 1. The lowest BCUT2D eigenvalue weighted by molar-refractivity contribution is 0.189. The predicted molar refractivity (Wildman–Crippen MR) is 76.6 cm³/mol. The number of piperidine rings is 1. The SMILES string of the molecule is Cc1ccccc1OCC1C[C@H]2CC[C@@H](C1)N2.Cl. The first kappa shape index (κ1) is 13.7. The third kappa shape index (κ3) is 2.99. The van der Waals surface area contributed by atoms with Crippen molar-refractivity contribution in [3.63, 3.8) is 0 Å². The van der Waals surface area contributed by atoms with Gasteiger partial charge >= 0.3 is 0 Å². The highest BCUT2D eigenvalue weighted by Gasteiger charge is 2.33. The Hall–Kier alpha value is -0.730. The molecule has 1 N–H and O–H groups in total. The number of fused-ring (bicyclic) bond motifs is 2. The summed E-state index contributed by atoms with van der Waals surface area (Å²) in [4.78, 5) is 0. The van der Waals surface area contributed by atoms with Crippen molar-refractivity contribution in [2.45, 2.75) is 44.7 Å². The van der Waals surface area contributed by atoms with E-state index in [0.717, 1.165) is 30.4 Å². The first-order valence-electron chi connectivity index (χ1n) is 6.76. The molecular weight excluding hydrogens is 246 g/mol. The number of hydrogen-bond acceptors (Lipinski definition) is 2. The van der Waals surface area contributed by atoms with Gasteiger partial charge in [-0.3, -0.25) is 0 Å². The minimum absolute atomic E-state index is 0. The second-order valence-electron chi connectivity index (χ2n) is 5.55. The summed E-state index contributed by atoms with van der Waals surface area (Å²) in [5, 5.41) is 3.67. The van der Waals surface area contributed by atoms with Crippen molar-refractivity contribution >= 4 is 12.4 Å². The maximum Gasteiger partial charge on any atom is 0.122 e. The fourth-order valence-electron chi connectivity index (χ4n) is 3.24. The van der Waals surface area contributed by atoms with Crippen molar-refractivity contribution in [1.29, 1.82) is 0 Å². The molecule has 0 spiro atoms. The molecule has 2 saturated heterocycles. The summed E-state index contributed by atoms with van der Waals surface area (Å²) in [5.41, 5.74) is 1.24. The summed E-state index contributed by atoms with van der Waals surface area (Å²) in [7, 11) is 0. The highest BCUT2D eigenvalue weighted by Crippen LogP contribution is 2.31. The van der Waals surface area contributed by atoms with Gasteiger partial charge in [0.25, 0.3) is 0 Å². The molecule has 3 atom stereocenters. The van der Waals surface area contributed by atoms with Gasteiger partial charge in [0.1, 0.15) is 5.75 Å². The van der Waals surface area contributed by atoms with E-state index in [-0.39, 0.29) is 12.4 Å². The third-order valence-corrected chi connectivity index (χ3v) is 4.14. The van der Waals surface area contributed by atoms with E-state index in [1.165, 1.54) is 31.2 Å². The van der Waals surface area contributed by atoms with Crippen molar-refractivity contribution in [3.05, 3.63) is 29.8 Å². The van der Waals surface area contributed by atoms with E-state index < -0.39 is 0 Å². The number of halogens is 1. The van der Waals surface area contributed by atoms with Gasteiger partial charge in [-0.15, -0.1) is 12.4 Å². The summed E-state index contributed by atoms with van der Waals surface area (Å²) >= 11 is 0. The maximum atomic E-state index is 5.97. The molecule has 0 aliphatic carbocycles. The lowest BCUT2D eigenvalue weighted by atomic mass is 9.93. The molecule has 0 aromatic heterocycles. The Bertz CT molecular complexity index is 384. The summed E-state index contributed by atoms with van der Waals surface area (Å²) in [6.45, 7) is 3.00. The number of aryl methyl sites for hydroxylation is 1. The van der Waals surface area contributed by atoms with Crippen LogP contribution in [0.2, 0.25) is 0 Å². The van der Waals surface area contributed by atoms with Gasteiger partial charge in [0.05, 0.1) is 6.61 Å². The van der Waals surface area contributed by atoms with Gasteiger partial charge in [0, 0.05) is 12.1 Å². The van der Waals surface area contributed by atoms with Crippen LogP contribution in [0.4, 0.5) is 0 Å². The Morgan fingerprint density at radius 2 is 1.83 bits per heavy atom. The zero-order chi connectivity index (χ0) is 11.7. The number of hydrogen-bond donors (Lipinski definition) is 1. The van der Waals surface area contributed by atoms with Crippen LogP contribution >= 0.6 is 12.4 Å². The topological polar surface area (TPSA) is 21.3 Å². The fraction of sp³-hybridized carbons (Fsp3) is 0.600. The van der Waals surface area contributed by atoms with Crippen LogP contribution in [0.1, 0.15) is 31.2 Å². The zero-order valence-electron chi connectivity index (χ0n) is 10.9. The summed E-state index contributed by atoms with van der Waals surface area (Å²) in [6.07, 6.45) is 5.32. The summed E-state index contributed by atoms with van der Waals surface area (Å²) < 4.78 is 5.97. The highest BCUT2D eigenvalue weighted by molar-refractivity contribution is 5.85. The first-order chi connectivity index (χ1) is 8.31. The van der Waals surface area contributed by atoms with Gasteiger partial charge < -0.3 is 10.1 Å². The van der Waals surface area contributed by atoms with Crippen molar-refractivity contribution in [1.82, 2.24) is 5.32 Å². The molecule has 2 nitrogen and oxygen atoms in total. The van der Waals surface area contributed by atoms with Gasteiger partial charge in [-0.2, -0.15) is 0 Å². The van der Waals surface area contributed by atoms with Gasteiger partial charge in [0.15, 0.2) is 0 Å². The van der Waals surface area contributed by atoms with E-state index >= 15 is 0 Å². The average molecular weight is 268 g/mol. The molecule has 1 aromatic carbocycles. The standard InChI is InChI=1S/C15H21NO.ClH/c1-11-4-2-3-5-15(11)17-10-12-8-13-6-7-14(9-12)16-13;/h2-5,12-14,16H,6-10H2,1H3;1H/t12?,13-,14+;. The van der Waals surface area contributed by atoms with Gasteiger partial charge in [-0.1, -0.05) is 18.2 Å². The molecule has 2 aliphatic rings. The van der Waals surface area contributed by atoms with E-state index in [2.05, 4.69) is 36.5 Å². The van der Waals surface area contributed by atoms with Crippen LogP contribution in [0, 0.1) is 12.8 Å². The lowest BCUT2D eigenvalue weighted by Gasteiger charge is -2.29. The maximum absolute atomic E-state index is 5.97. The minimum Gasteiger partial charge on any atom is -0.493 e. The van der Waals surface area contributed by atoms with Crippen LogP contribution in [-0.2, 0) is 0 Å². The van der Waals surface area contributed by atoms with E-state index in [9.17, 15) is 0 Å². The molecule has 2 bridgehead atoms. The number of rotatable bonds is 3. The minimum atomic E-state index is 0. The molecule has 0 saturated carbocycles. The second kappa shape index (κ2) is 5.94. The smallest absolute Gasteiger partial charge is 0.122 e. The Morgan fingerprint density at radius 3 is 2.50 bits per heavy atom. The Balaban J connectivity index is 0.00000120. The molecule has 100 valence electrons. The lowest BCUT2D eigenvalue weighted by Crippen LogP contribution is -2.39. The quantitative estimate of drug-likeness (QED) is 0.907. The van der Waals surface area contributed by atoms with Crippen LogP contribution in [0.25, 0.3) is 0 Å². The average Bonchev–Trinajstić information content (AvgIpc) is 2.68. The molecule has 2 aliphatic heterocycles. The van der Waals surface area contributed by atoms with Crippen LogP contribution in [0.5, 0.6) is 5.75 Å². The molecule has 2 fully saturated rings. The van der Waals surface area contributed by atoms with Crippen LogP contribution < -0.4 is 10.1 Å². The highest BCUT2D eigenvalue weighted by atomic mass is 35.5. The largest absolute Gasteiger partial charge is 0.493 e. The summed E-state index contributed by atoms with van der Waals surface area (Å²) in [6, 6.07) is 9.83. The molecule has 0 radical (unpaired) electrons. The zero-order valence-corrected chi connectivity index (χ0v) is 11.7. The predicted octanol–water partition coefficient (Wildman–Crippen LogP) is 3.33. The van der Waals surface area contributed by atoms with Gasteiger partial charge in [0.2, 0.25) is 0 Å². The number of nitrogens with one attached hydrogen (secondary N) is 1. The van der Waals surface area contributed by atoms with Crippen molar-refractivity contribution in [2.75, 3.05) is 6.61 Å². The molecule has 1 unspecified atom stereocenters. The van der Waals surface area contributed by atoms with Crippen LogP contribution in [0.15, 0.2) is 24.3 Å². The molecule has 3 heteroatoms. The Labute approximate surface area is 116 Å². The van der Waals surface area contributed by atoms with Crippen LogP contribution in [0.3, 0.4) is 0 Å². The van der Waals surface area contributed by atoms with Gasteiger partial charge in [-0.25, -0.2) is 0 Å². The molecule has 3 rings (SSSR count). The van der Waals surface area contributed by atoms with E-state index in [0.29, 0.717) is 0 Å².